The maximum Gasteiger partial charge on any atom is 0.0800 e. The highest BCUT2D eigenvalue weighted by Crippen LogP contribution is 2.01. The molecule has 0 amide bonds. The van der Waals surface area contributed by atoms with E-state index in [4.69, 9.17) is 15.3 Å². The van der Waals surface area contributed by atoms with Gasteiger partial charge in [0.15, 0.2) is 0 Å². The third kappa shape index (κ3) is 4.39. The Morgan fingerprint density at radius 2 is 2.00 bits per heavy atom. The van der Waals surface area contributed by atoms with Crippen molar-refractivity contribution < 1.29 is 15.3 Å². The molecule has 9 heavy (non-hydrogen) atoms. The molecule has 0 aromatic rings. The van der Waals surface area contributed by atoms with Gasteiger partial charge in [-0.2, -0.15) is 0 Å². The van der Waals surface area contributed by atoms with E-state index in [9.17, 15) is 0 Å². The van der Waals surface area contributed by atoms with Crippen molar-refractivity contribution in [3.8, 4) is 0 Å². The largest absolute Gasteiger partial charge is 0.390 e. The summed E-state index contributed by atoms with van der Waals surface area (Å²) in [6.45, 7) is 4.15. The van der Waals surface area contributed by atoms with Gasteiger partial charge in [-0.3, -0.25) is 0 Å². The molecule has 0 aromatic heterocycles. The minimum atomic E-state index is -0.954. The molecule has 0 aliphatic carbocycles. The SMILES string of the molecule is [CH2]C(O)C(O)CC[CH]O. The van der Waals surface area contributed by atoms with Gasteiger partial charge in [0.25, 0.3) is 0 Å². The molecule has 0 bridgehead atoms. The lowest BCUT2D eigenvalue weighted by atomic mass is 10.1. The zero-order chi connectivity index (χ0) is 7.28. The van der Waals surface area contributed by atoms with Gasteiger partial charge in [-0.15, -0.1) is 0 Å². The molecule has 3 heteroatoms. The topological polar surface area (TPSA) is 60.7 Å². The molecular weight excluding hydrogens is 120 g/mol. The first-order valence-corrected chi connectivity index (χ1v) is 2.83. The Morgan fingerprint density at radius 3 is 2.33 bits per heavy atom. The zero-order valence-electron chi connectivity index (χ0n) is 5.20. The van der Waals surface area contributed by atoms with E-state index in [2.05, 4.69) is 6.92 Å². The number of hydrogen-bond donors (Lipinski definition) is 3. The summed E-state index contributed by atoms with van der Waals surface area (Å²) >= 11 is 0. The fourth-order valence-electron chi connectivity index (χ4n) is 0.438. The third-order valence-corrected chi connectivity index (χ3v) is 1.04. The number of hydrogen-bond acceptors (Lipinski definition) is 3. The lowest BCUT2D eigenvalue weighted by molar-refractivity contribution is 0.0397. The van der Waals surface area contributed by atoms with Crippen LogP contribution >= 0.6 is 0 Å². The van der Waals surface area contributed by atoms with Crippen LogP contribution in [0, 0.1) is 13.5 Å². The molecule has 0 aromatic carbocycles. The molecule has 0 aliphatic rings. The molecule has 0 rings (SSSR count). The van der Waals surface area contributed by atoms with E-state index in [1.54, 1.807) is 0 Å². The standard InChI is InChI=1S/C6H12O3/c1-5(8)6(9)3-2-4-7/h4-9H,1-3H2. The van der Waals surface area contributed by atoms with E-state index < -0.39 is 12.2 Å². The summed E-state index contributed by atoms with van der Waals surface area (Å²) in [6.07, 6.45) is -1.05. The first-order valence-electron chi connectivity index (χ1n) is 2.83. The molecule has 3 nitrogen and oxygen atoms in total. The Kier molecular flexibility index (Phi) is 4.67. The van der Waals surface area contributed by atoms with Crippen molar-refractivity contribution in [3.63, 3.8) is 0 Å². The minimum Gasteiger partial charge on any atom is -0.390 e. The van der Waals surface area contributed by atoms with Gasteiger partial charge in [0.05, 0.1) is 18.8 Å². The van der Waals surface area contributed by atoms with Crippen molar-refractivity contribution in [2.24, 2.45) is 0 Å². The lowest BCUT2D eigenvalue weighted by Crippen LogP contribution is -2.22. The van der Waals surface area contributed by atoms with Gasteiger partial charge < -0.3 is 15.3 Å². The molecule has 0 heterocycles. The summed E-state index contributed by atoms with van der Waals surface area (Å²) in [5.74, 6) is 0. The molecule has 2 atom stereocenters. The molecular formula is C6H12O3. The van der Waals surface area contributed by atoms with E-state index in [1.165, 1.54) is 0 Å². The van der Waals surface area contributed by atoms with Gasteiger partial charge in [0.1, 0.15) is 0 Å². The number of rotatable bonds is 4. The Bertz CT molecular complexity index is 63.3. The van der Waals surface area contributed by atoms with Gasteiger partial charge in [-0.05, 0) is 19.8 Å². The van der Waals surface area contributed by atoms with Crippen LogP contribution in [-0.2, 0) is 0 Å². The molecule has 0 fully saturated rings. The third-order valence-electron chi connectivity index (χ3n) is 1.04. The van der Waals surface area contributed by atoms with E-state index in [-0.39, 0.29) is 0 Å². The van der Waals surface area contributed by atoms with Crippen LogP contribution < -0.4 is 0 Å². The second kappa shape index (κ2) is 4.73. The monoisotopic (exact) mass is 132 g/mol. The van der Waals surface area contributed by atoms with Gasteiger partial charge in [-0.25, -0.2) is 0 Å². The van der Waals surface area contributed by atoms with E-state index in [0.717, 1.165) is 6.61 Å². The van der Waals surface area contributed by atoms with Crippen molar-refractivity contribution in [1.29, 1.82) is 0 Å². The summed E-state index contributed by atoms with van der Waals surface area (Å²) in [4.78, 5) is 0. The lowest BCUT2D eigenvalue weighted by Gasteiger charge is -2.11. The van der Waals surface area contributed by atoms with Crippen LogP contribution in [-0.4, -0.2) is 27.5 Å². The average Bonchev–Trinajstić information content (AvgIpc) is 1.82. The Morgan fingerprint density at radius 1 is 1.44 bits per heavy atom. The maximum atomic E-state index is 8.81. The van der Waals surface area contributed by atoms with Crippen LogP contribution in [0.15, 0.2) is 0 Å². The second-order valence-electron chi connectivity index (χ2n) is 1.89. The molecule has 0 saturated carbocycles. The summed E-state index contributed by atoms with van der Waals surface area (Å²) in [7, 11) is 0. The summed E-state index contributed by atoms with van der Waals surface area (Å²) in [5, 5.41) is 25.6. The van der Waals surface area contributed by atoms with Crippen molar-refractivity contribution in [1.82, 2.24) is 0 Å². The Labute approximate surface area is 54.9 Å². The zero-order valence-corrected chi connectivity index (χ0v) is 5.20. The van der Waals surface area contributed by atoms with E-state index in [0.29, 0.717) is 12.8 Å². The van der Waals surface area contributed by atoms with Crippen molar-refractivity contribution in [2.75, 3.05) is 0 Å². The first-order chi connectivity index (χ1) is 4.18. The van der Waals surface area contributed by atoms with Crippen molar-refractivity contribution in [3.05, 3.63) is 13.5 Å². The fraction of sp³-hybridized carbons (Fsp3) is 0.667. The van der Waals surface area contributed by atoms with Crippen molar-refractivity contribution in [2.45, 2.75) is 25.0 Å². The van der Waals surface area contributed by atoms with E-state index in [1.807, 2.05) is 0 Å². The van der Waals surface area contributed by atoms with Crippen LogP contribution in [0.25, 0.3) is 0 Å². The van der Waals surface area contributed by atoms with Gasteiger partial charge in [0.2, 0.25) is 0 Å². The highest BCUT2D eigenvalue weighted by atomic mass is 16.3. The molecule has 3 N–H and O–H groups in total. The maximum absolute atomic E-state index is 8.81. The van der Waals surface area contributed by atoms with Crippen LogP contribution in [0.2, 0.25) is 0 Å². The molecule has 0 saturated heterocycles. The highest BCUT2D eigenvalue weighted by Gasteiger charge is 2.08. The minimum absolute atomic E-state index is 0.348. The summed E-state index contributed by atoms with van der Waals surface area (Å²) in [5.41, 5.74) is 0. The molecule has 54 valence electrons. The van der Waals surface area contributed by atoms with Crippen molar-refractivity contribution >= 4 is 0 Å². The van der Waals surface area contributed by atoms with Crippen LogP contribution in [0.3, 0.4) is 0 Å². The molecule has 0 spiro atoms. The number of aliphatic hydroxyl groups is 3. The normalized spacial score (nSPS) is 17.3. The second-order valence-corrected chi connectivity index (χ2v) is 1.89. The molecule has 2 radical (unpaired) electrons. The van der Waals surface area contributed by atoms with Gasteiger partial charge in [-0.1, -0.05) is 0 Å². The predicted octanol–water partition coefficient (Wildman–Crippen LogP) is -0.143. The Balaban J connectivity index is 3.16. The van der Waals surface area contributed by atoms with Crippen LogP contribution in [0.4, 0.5) is 0 Å². The van der Waals surface area contributed by atoms with Gasteiger partial charge in [0, 0.05) is 0 Å². The smallest absolute Gasteiger partial charge is 0.0800 e. The summed E-state index contributed by atoms with van der Waals surface area (Å²) < 4.78 is 0. The van der Waals surface area contributed by atoms with E-state index >= 15 is 0 Å². The highest BCUT2D eigenvalue weighted by molar-refractivity contribution is 4.69. The quantitative estimate of drug-likeness (QED) is 0.499. The predicted molar refractivity (Wildman–Crippen MR) is 32.8 cm³/mol. The fourth-order valence-corrected chi connectivity index (χ4v) is 0.438. The van der Waals surface area contributed by atoms with Gasteiger partial charge >= 0.3 is 0 Å². The van der Waals surface area contributed by atoms with Crippen LogP contribution in [0.5, 0.6) is 0 Å². The van der Waals surface area contributed by atoms with Crippen LogP contribution in [0.1, 0.15) is 12.8 Å². The molecule has 2 unspecified atom stereocenters. The summed E-state index contributed by atoms with van der Waals surface area (Å²) in [6, 6.07) is 0. The molecule has 0 aliphatic heterocycles. The first kappa shape index (κ1) is 8.88. The Hall–Kier alpha value is -0.120. The number of aliphatic hydroxyl groups excluding tert-OH is 3. The average molecular weight is 132 g/mol.